The van der Waals surface area contributed by atoms with Crippen molar-refractivity contribution in [3.05, 3.63) is 22.8 Å². The second-order valence-corrected chi connectivity index (χ2v) is 3.52. The highest BCUT2D eigenvalue weighted by atomic mass is 79.9. The van der Waals surface area contributed by atoms with Crippen LogP contribution in [0.1, 0.15) is 0 Å². The first kappa shape index (κ1) is 8.56. The van der Waals surface area contributed by atoms with Crippen molar-refractivity contribution >= 4 is 26.8 Å². The minimum Gasteiger partial charge on any atom is -0.494 e. The van der Waals surface area contributed by atoms with E-state index in [-0.39, 0.29) is 0 Å². The predicted octanol–water partition coefficient (Wildman–Crippen LogP) is 2.34. The van der Waals surface area contributed by atoms with Crippen molar-refractivity contribution in [2.75, 3.05) is 7.11 Å². The average Bonchev–Trinajstić information content (AvgIpc) is 2.43. The topological polar surface area (TPSA) is 27.1 Å². The van der Waals surface area contributed by atoms with Crippen LogP contribution < -0.4 is 4.74 Å². The maximum Gasteiger partial charge on any atom is 0.147 e. The molecule has 0 aliphatic carbocycles. The van der Waals surface area contributed by atoms with Gasteiger partial charge in [-0.05, 0) is 28.1 Å². The van der Waals surface area contributed by atoms with Gasteiger partial charge in [0, 0.05) is 12.4 Å². The number of rotatable bonds is 1. The molecule has 0 N–H and O–H groups in total. The molecule has 0 saturated heterocycles. The zero-order valence-corrected chi connectivity index (χ0v) is 9.00. The number of fused-ring (bicyclic) bond motifs is 1. The Morgan fingerprint density at radius 1 is 1.46 bits per heavy atom. The quantitative estimate of drug-likeness (QED) is 0.766. The normalized spacial score (nSPS) is 10.7. The van der Waals surface area contributed by atoms with E-state index in [9.17, 15) is 0 Å². The Morgan fingerprint density at radius 3 is 2.92 bits per heavy atom. The monoisotopic (exact) mass is 240 g/mol. The molecule has 2 rings (SSSR count). The molecular formula is C9H9BrN2O. The average molecular weight is 241 g/mol. The van der Waals surface area contributed by atoms with E-state index in [1.165, 1.54) is 0 Å². The van der Waals surface area contributed by atoms with Crippen molar-refractivity contribution in [1.29, 1.82) is 0 Å². The van der Waals surface area contributed by atoms with Crippen LogP contribution in [0.15, 0.2) is 22.8 Å². The lowest BCUT2D eigenvalue weighted by Gasteiger charge is -1.97. The Hall–Kier alpha value is -1.03. The van der Waals surface area contributed by atoms with Gasteiger partial charge >= 0.3 is 0 Å². The standard InChI is InChI=1S/C9H9BrN2O/c1-12-9(10)6-4-3-5-7(13-2)8(6)11-12/h3-5H,1-2H3. The summed E-state index contributed by atoms with van der Waals surface area (Å²) in [5, 5.41) is 5.40. The molecule has 0 amide bonds. The Morgan fingerprint density at radius 2 is 2.23 bits per heavy atom. The summed E-state index contributed by atoms with van der Waals surface area (Å²) in [5.74, 6) is 0.804. The van der Waals surface area contributed by atoms with Crippen LogP contribution in [0.2, 0.25) is 0 Å². The maximum atomic E-state index is 5.20. The zero-order valence-electron chi connectivity index (χ0n) is 7.41. The summed E-state index contributed by atoms with van der Waals surface area (Å²) in [4.78, 5) is 0. The van der Waals surface area contributed by atoms with Gasteiger partial charge < -0.3 is 4.74 Å². The number of aryl methyl sites for hydroxylation is 1. The summed E-state index contributed by atoms with van der Waals surface area (Å²) in [7, 11) is 3.54. The number of halogens is 1. The maximum absolute atomic E-state index is 5.20. The molecule has 0 aliphatic heterocycles. The largest absolute Gasteiger partial charge is 0.494 e. The van der Waals surface area contributed by atoms with Crippen LogP contribution in [-0.2, 0) is 7.05 Å². The van der Waals surface area contributed by atoms with Crippen LogP contribution in [0.25, 0.3) is 10.9 Å². The first-order chi connectivity index (χ1) is 6.24. The smallest absolute Gasteiger partial charge is 0.147 e. The van der Waals surface area contributed by atoms with E-state index in [0.717, 1.165) is 21.3 Å². The third-order valence-electron chi connectivity index (χ3n) is 1.98. The van der Waals surface area contributed by atoms with Crippen molar-refractivity contribution in [3.8, 4) is 5.75 Å². The molecule has 0 unspecified atom stereocenters. The number of hydrogen-bond acceptors (Lipinski definition) is 2. The molecule has 1 aromatic heterocycles. The molecule has 1 aromatic carbocycles. The lowest BCUT2D eigenvalue weighted by Crippen LogP contribution is -1.89. The first-order valence-corrected chi connectivity index (χ1v) is 4.68. The van der Waals surface area contributed by atoms with Gasteiger partial charge in [0.2, 0.25) is 0 Å². The molecule has 1 heterocycles. The summed E-state index contributed by atoms with van der Waals surface area (Å²) >= 11 is 3.46. The van der Waals surface area contributed by atoms with E-state index in [2.05, 4.69) is 21.0 Å². The summed E-state index contributed by atoms with van der Waals surface area (Å²) in [6.45, 7) is 0. The molecule has 0 atom stereocenters. The third-order valence-corrected chi connectivity index (χ3v) is 2.92. The molecule has 0 saturated carbocycles. The molecule has 68 valence electrons. The fourth-order valence-corrected chi connectivity index (χ4v) is 1.72. The summed E-state index contributed by atoms with van der Waals surface area (Å²) < 4.78 is 7.96. The third kappa shape index (κ3) is 1.21. The van der Waals surface area contributed by atoms with Crippen LogP contribution in [0.5, 0.6) is 5.75 Å². The number of benzene rings is 1. The lowest BCUT2D eigenvalue weighted by molar-refractivity contribution is 0.418. The first-order valence-electron chi connectivity index (χ1n) is 3.89. The van der Waals surface area contributed by atoms with Gasteiger partial charge in [-0.1, -0.05) is 6.07 Å². The lowest BCUT2D eigenvalue weighted by atomic mass is 10.2. The SMILES string of the molecule is COc1cccc2c(Br)n(C)nc12. The van der Waals surface area contributed by atoms with E-state index < -0.39 is 0 Å². The summed E-state index contributed by atoms with van der Waals surface area (Å²) in [6, 6.07) is 5.87. The Balaban J connectivity index is 2.84. The van der Waals surface area contributed by atoms with Crippen molar-refractivity contribution in [1.82, 2.24) is 9.78 Å². The van der Waals surface area contributed by atoms with E-state index in [4.69, 9.17) is 4.74 Å². The van der Waals surface area contributed by atoms with Crippen molar-refractivity contribution < 1.29 is 4.74 Å². The molecule has 3 nitrogen and oxygen atoms in total. The fraction of sp³-hybridized carbons (Fsp3) is 0.222. The highest BCUT2D eigenvalue weighted by Gasteiger charge is 2.09. The fourth-order valence-electron chi connectivity index (χ4n) is 1.32. The van der Waals surface area contributed by atoms with Crippen LogP contribution >= 0.6 is 15.9 Å². The molecule has 0 radical (unpaired) electrons. The summed E-state index contributed by atoms with van der Waals surface area (Å²) in [5.41, 5.74) is 0.888. The summed E-state index contributed by atoms with van der Waals surface area (Å²) in [6.07, 6.45) is 0. The Labute approximate surface area is 84.4 Å². The number of aromatic nitrogens is 2. The van der Waals surface area contributed by atoms with Gasteiger partial charge in [0.15, 0.2) is 0 Å². The van der Waals surface area contributed by atoms with Gasteiger partial charge in [-0.2, -0.15) is 5.10 Å². The predicted molar refractivity (Wildman–Crippen MR) is 55.0 cm³/mol. The molecule has 0 aliphatic rings. The van der Waals surface area contributed by atoms with Gasteiger partial charge in [-0.3, -0.25) is 4.68 Å². The molecule has 4 heteroatoms. The molecule has 2 aromatic rings. The highest BCUT2D eigenvalue weighted by molar-refractivity contribution is 9.10. The Kier molecular flexibility index (Phi) is 2.00. The van der Waals surface area contributed by atoms with Crippen LogP contribution in [0, 0.1) is 0 Å². The highest BCUT2D eigenvalue weighted by Crippen LogP contribution is 2.29. The van der Waals surface area contributed by atoms with Gasteiger partial charge in [0.25, 0.3) is 0 Å². The van der Waals surface area contributed by atoms with Gasteiger partial charge in [-0.25, -0.2) is 0 Å². The van der Waals surface area contributed by atoms with E-state index in [1.54, 1.807) is 11.8 Å². The van der Waals surface area contributed by atoms with Crippen LogP contribution in [0.3, 0.4) is 0 Å². The molecular weight excluding hydrogens is 232 g/mol. The molecule has 0 bridgehead atoms. The molecule has 0 fully saturated rings. The van der Waals surface area contributed by atoms with Gasteiger partial charge in [0.1, 0.15) is 15.9 Å². The second kappa shape index (κ2) is 3.03. The Bertz CT molecular complexity index is 450. The minimum absolute atomic E-state index is 0.804. The molecule has 0 spiro atoms. The van der Waals surface area contributed by atoms with Gasteiger partial charge in [-0.15, -0.1) is 0 Å². The van der Waals surface area contributed by atoms with Gasteiger partial charge in [0.05, 0.1) is 7.11 Å². The van der Waals surface area contributed by atoms with Crippen molar-refractivity contribution in [3.63, 3.8) is 0 Å². The molecule has 13 heavy (non-hydrogen) atoms. The van der Waals surface area contributed by atoms with Crippen molar-refractivity contribution in [2.24, 2.45) is 7.05 Å². The number of nitrogens with zero attached hydrogens (tertiary/aromatic N) is 2. The van der Waals surface area contributed by atoms with Crippen LogP contribution in [-0.4, -0.2) is 16.9 Å². The van der Waals surface area contributed by atoms with Crippen LogP contribution in [0.4, 0.5) is 0 Å². The number of methoxy groups -OCH3 is 1. The van der Waals surface area contributed by atoms with Crippen molar-refractivity contribution in [2.45, 2.75) is 0 Å². The van der Waals surface area contributed by atoms with E-state index in [1.807, 2.05) is 25.2 Å². The zero-order chi connectivity index (χ0) is 9.42. The second-order valence-electron chi connectivity index (χ2n) is 2.77. The van der Waals surface area contributed by atoms with E-state index in [0.29, 0.717) is 0 Å². The number of hydrogen-bond donors (Lipinski definition) is 0. The minimum atomic E-state index is 0.804. The number of ether oxygens (including phenoxy) is 1. The van der Waals surface area contributed by atoms with E-state index >= 15 is 0 Å².